The molecule has 0 aromatic heterocycles. The van der Waals surface area contributed by atoms with Crippen LogP contribution in [0.1, 0.15) is 24.4 Å². The minimum Gasteiger partial charge on any atom is -0.324 e. The summed E-state index contributed by atoms with van der Waals surface area (Å²) in [4.78, 5) is 0. The lowest BCUT2D eigenvalue weighted by atomic mass is 10.0. The van der Waals surface area contributed by atoms with E-state index in [0.29, 0.717) is 16.5 Å². The molecule has 1 aromatic carbocycles. The summed E-state index contributed by atoms with van der Waals surface area (Å²) in [6.45, 7) is 0. The predicted octanol–water partition coefficient (Wildman–Crippen LogP) is 2.89. The molecule has 0 amide bonds. The topological polar surface area (TPSA) is 26.0 Å². The molecule has 1 aromatic rings. The highest BCUT2D eigenvalue weighted by Gasteiger charge is 2.30. The zero-order valence-electron chi connectivity index (χ0n) is 7.13. The van der Waals surface area contributed by atoms with Crippen LogP contribution in [0.15, 0.2) is 18.2 Å². The van der Waals surface area contributed by atoms with Gasteiger partial charge >= 0.3 is 0 Å². The first kappa shape index (κ1) is 8.97. The Morgan fingerprint density at radius 1 is 1.46 bits per heavy atom. The maximum Gasteiger partial charge on any atom is 0.129 e. The van der Waals surface area contributed by atoms with E-state index < -0.39 is 0 Å². The summed E-state index contributed by atoms with van der Waals surface area (Å²) in [5.74, 6) is 0.183. The van der Waals surface area contributed by atoms with Crippen LogP contribution in [0.3, 0.4) is 0 Å². The van der Waals surface area contributed by atoms with Gasteiger partial charge in [-0.2, -0.15) is 0 Å². The summed E-state index contributed by atoms with van der Waals surface area (Å²) < 4.78 is 13.3. The van der Waals surface area contributed by atoms with Gasteiger partial charge in [0.25, 0.3) is 0 Å². The molecule has 0 aliphatic heterocycles. The number of hydrogen-bond donors (Lipinski definition) is 1. The van der Waals surface area contributed by atoms with Crippen molar-refractivity contribution in [3.8, 4) is 0 Å². The van der Waals surface area contributed by atoms with Crippen molar-refractivity contribution in [3.63, 3.8) is 0 Å². The molecule has 1 fully saturated rings. The van der Waals surface area contributed by atoms with Gasteiger partial charge in [-0.1, -0.05) is 17.7 Å². The van der Waals surface area contributed by atoms with E-state index in [1.165, 1.54) is 6.07 Å². The van der Waals surface area contributed by atoms with Crippen LogP contribution in [0.2, 0.25) is 5.02 Å². The molecule has 3 heteroatoms. The van der Waals surface area contributed by atoms with Crippen LogP contribution >= 0.6 is 11.6 Å². The molecule has 0 spiro atoms. The molecular formula is C10H11ClFN. The Morgan fingerprint density at radius 3 is 2.69 bits per heavy atom. The van der Waals surface area contributed by atoms with Gasteiger partial charge in [0, 0.05) is 16.6 Å². The predicted molar refractivity (Wildman–Crippen MR) is 51.1 cm³/mol. The van der Waals surface area contributed by atoms with Gasteiger partial charge in [-0.3, -0.25) is 0 Å². The van der Waals surface area contributed by atoms with Gasteiger partial charge in [0.05, 0.1) is 0 Å². The quantitative estimate of drug-likeness (QED) is 0.779. The lowest BCUT2D eigenvalue weighted by Crippen LogP contribution is -2.13. The summed E-state index contributed by atoms with van der Waals surface area (Å²) >= 11 is 5.64. The highest BCUT2D eigenvalue weighted by molar-refractivity contribution is 6.30. The molecule has 0 heterocycles. The SMILES string of the molecule is N[C@H](c1ccc(Cl)cc1F)C1CC1. The van der Waals surface area contributed by atoms with Crippen LogP contribution in [0, 0.1) is 11.7 Å². The first-order valence-corrected chi connectivity index (χ1v) is 4.77. The summed E-state index contributed by atoms with van der Waals surface area (Å²) in [6, 6.07) is 4.53. The van der Waals surface area contributed by atoms with Crippen molar-refractivity contribution in [1.82, 2.24) is 0 Å². The first-order valence-electron chi connectivity index (χ1n) is 4.39. The fraction of sp³-hybridized carbons (Fsp3) is 0.400. The summed E-state index contributed by atoms with van der Waals surface area (Å²) in [5, 5.41) is 0.421. The average Bonchev–Trinajstić information content (AvgIpc) is 2.85. The second kappa shape index (κ2) is 3.28. The van der Waals surface area contributed by atoms with Crippen molar-refractivity contribution in [2.75, 3.05) is 0 Å². The molecule has 1 aliphatic carbocycles. The van der Waals surface area contributed by atoms with Crippen molar-refractivity contribution in [1.29, 1.82) is 0 Å². The van der Waals surface area contributed by atoms with Crippen LogP contribution in [-0.2, 0) is 0 Å². The Kier molecular flexibility index (Phi) is 2.26. The third-order valence-corrected chi connectivity index (χ3v) is 2.69. The van der Waals surface area contributed by atoms with Gasteiger partial charge in [0.2, 0.25) is 0 Å². The molecule has 1 atom stereocenters. The molecule has 0 bridgehead atoms. The van der Waals surface area contributed by atoms with Gasteiger partial charge < -0.3 is 5.73 Å². The fourth-order valence-corrected chi connectivity index (χ4v) is 1.64. The summed E-state index contributed by atoms with van der Waals surface area (Å²) in [6.07, 6.45) is 2.23. The molecule has 0 saturated heterocycles. The molecule has 2 N–H and O–H groups in total. The third kappa shape index (κ3) is 1.84. The van der Waals surface area contributed by atoms with E-state index in [9.17, 15) is 4.39 Å². The monoisotopic (exact) mass is 199 g/mol. The van der Waals surface area contributed by atoms with E-state index in [-0.39, 0.29) is 11.9 Å². The zero-order chi connectivity index (χ0) is 9.42. The average molecular weight is 200 g/mol. The number of halogens is 2. The lowest BCUT2D eigenvalue weighted by molar-refractivity contribution is 0.554. The molecular weight excluding hydrogens is 189 g/mol. The van der Waals surface area contributed by atoms with Crippen molar-refractivity contribution < 1.29 is 4.39 Å². The maximum atomic E-state index is 13.3. The molecule has 0 radical (unpaired) electrons. The second-order valence-electron chi connectivity index (χ2n) is 3.53. The van der Waals surface area contributed by atoms with Gasteiger partial charge in [-0.25, -0.2) is 4.39 Å². The van der Waals surface area contributed by atoms with E-state index in [4.69, 9.17) is 17.3 Å². The van der Waals surface area contributed by atoms with E-state index >= 15 is 0 Å². The van der Waals surface area contributed by atoms with E-state index in [1.54, 1.807) is 12.1 Å². The van der Waals surface area contributed by atoms with E-state index in [1.807, 2.05) is 0 Å². The molecule has 1 nitrogen and oxygen atoms in total. The highest BCUT2D eigenvalue weighted by atomic mass is 35.5. The Morgan fingerprint density at radius 2 is 2.15 bits per heavy atom. The van der Waals surface area contributed by atoms with Crippen molar-refractivity contribution in [3.05, 3.63) is 34.6 Å². The summed E-state index contributed by atoms with van der Waals surface area (Å²) in [7, 11) is 0. The van der Waals surface area contributed by atoms with Gasteiger partial charge in [-0.15, -0.1) is 0 Å². The molecule has 1 aliphatic rings. The zero-order valence-corrected chi connectivity index (χ0v) is 7.89. The van der Waals surface area contributed by atoms with Crippen LogP contribution in [0.4, 0.5) is 4.39 Å². The van der Waals surface area contributed by atoms with Gasteiger partial charge in [0.1, 0.15) is 5.82 Å². The number of nitrogens with two attached hydrogens (primary N) is 1. The number of hydrogen-bond acceptors (Lipinski definition) is 1. The van der Waals surface area contributed by atoms with E-state index in [0.717, 1.165) is 12.8 Å². The highest BCUT2D eigenvalue weighted by Crippen LogP contribution is 2.40. The number of benzene rings is 1. The first-order chi connectivity index (χ1) is 6.18. The smallest absolute Gasteiger partial charge is 0.129 e. The third-order valence-electron chi connectivity index (χ3n) is 2.45. The molecule has 13 heavy (non-hydrogen) atoms. The van der Waals surface area contributed by atoms with E-state index in [2.05, 4.69) is 0 Å². The Balaban J connectivity index is 2.28. The number of rotatable bonds is 2. The molecule has 1 saturated carbocycles. The standard InChI is InChI=1S/C10H11ClFN/c11-7-3-4-8(9(12)5-7)10(13)6-1-2-6/h3-6,10H,1-2,13H2/t10-/m0/s1. The fourth-order valence-electron chi connectivity index (χ4n) is 1.48. The molecule has 0 unspecified atom stereocenters. The van der Waals surface area contributed by atoms with Crippen molar-refractivity contribution in [2.24, 2.45) is 11.7 Å². The van der Waals surface area contributed by atoms with Crippen molar-refractivity contribution in [2.45, 2.75) is 18.9 Å². The largest absolute Gasteiger partial charge is 0.324 e. The van der Waals surface area contributed by atoms with Crippen LogP contribution in [0.25, 0.3) is 0 Å². The molecule has 2 rings (SSSR count). The maximum absolute atomic E-state index is 13.3. The summed E-state index contributed by atoms with van der Waals surface area (Å²) in [5.41, 5.74) is 6.46. The second-order valence-corrected chi connectivity index (χ2v) is 3.97. The van der Waals surface area contributed by atoms with Crippen molar-refractivity contribution >= 4 is 11.6 Å². The van der Waals surface area contributed by atoms with Crippen LogP contribution in [-0.4, -0.2) is 0 Å². The molecule has 70 valence electrons. The minimum atomic E-state index is -0.285. The Bertz CT molecular complexity index is 323. The van der Waals surface area contributed by atoms with Gasteiger partial charge in [-0.05, 0) is 30.9 Å². The van der Waals surface area contributed by atoms with Crippen LogP contribution < -0.4 is 5.73 Å². The van der Waals surface area contributed by atoms with Gasteiger partial charge in [0.15, 0.2) is 0 Å². The Labute approximate surface area is 81.7 Å². The Hall–Kier alpha value is -0.600. The normalized spacial score (nSPS) is 18.7. The minimum absolute atomic E-state index is 0.155. The lowest BCUT2D eigenvalue weighted by Gasteiger charge is -2.11. The van der Waals surface area contributed by atoms with Crippen LogP contribution in [0.5, 0.6) is 0 Å².